The first-order chi connectivity index (χ1) is 7.43. The molecule has 0 fully saturated rings. The normalized spacial score (nSPS) is 10.7. The minimum absolute atomic E-state index is 0.798. The summed E-state index contributed by atoms with van der Waals surface area (Å²) in [6, 6.07) is 1.95. The Morgan fingerprint density at radius 3 is 2.73 bits per heavy atom. The highest BCUT2D eigenvalue weighted by molar-refractivity contribution is 6.17. The molecule has 1 aromatic rings. The molecule has 1 heterocycles. The Morgan fingerprint density at radius 1 is 1.13 bits per heavy atom. The lowest BCUT2D eigenvalue weighted by atomic mass is 10.2. The molecule has 1 rings (SSSR count). The van der Waals surface area contributed by atoms with Crippen LogP contribution in [0, 0.1) is 0 Å². The number of hydrogen-bond donors (Lipinski definition) is 1. The van der Waals surface area contributed by atoms with E-state index in [1.165, 1.54) is 19.3 Å². The van der Waals surface area contributed by atoms with Crippen molar-refractivity contribution in [2.45, 2.75) is 32.2 Å². The first-order valence-corrected chi connectivity index (χ1v) is 6.21. The van der Waals surface area contributed by atoms with Gasteiger partial charge in [-0.15, -0.1) is 11.6 Å². The van der Waals surface area contributed by atoms with Crippen LogP contribution in [0.15, 0.2) is 18.5 Å². The van der Waals surface area contributed by atoms with Gasteiger partial charge >= 0.3 is 0 Å². The van der Waals surface area contributed by atoms with Crippen LogP contribution >= 0.6 is 11.6 Å². The maximum Gasteiger partial charge on any atom is 0.0533 e. The summed E-state index contributed by atoms with van der Waals surface area (Å²) in [5.41, 5.74) is 0. The van der Waals surface area contributed by atoms with Crippen molar-refractivity contribution in [3.8, 4) is 0 Å². The molecule has 0 aliphatic carbocycles. The molecule has 0 bridgehead atoms. The number of hydrogen-bond acceptors (Lipinski definition) is 2. The Balaban J connectivity index is 1.81. The van der Waals surface area contributed by atoms with Gasteiger partial charge < -0.3 is 5.32 Å². The Labute approximate surface area is 96.8 Å². The molecule has 0 atom stereocenters. The molecule has 15 heavy (non-hydrogen) atoms. The predicted molar refractivity (Wildman–Crippen MR) is 64.3 cm³/mol. The Kier molecular flexibility index (Phi) is 7.30. The molecule has 0 spiro atoms. The molecule has 0 aliphatic rings. The van der Waals surface area contributed by atoms with Crippen LogP contribution in [-0.2, 0) is 6.54 Å². The maximum absolute atomic E-state index is 5.60. The van der Waals surface area contributed by atoms with Crippen molar-refractivity contribution in [3.05, 3.63) is 18.5 Å². The number of nitrogens with zero attached hydrogens (tertiary/aromatic N) is 2. The van der Waals surface area contributed by atoms with Crippen molar-refractivity contribution in [2.75, 3.05) is 19.0 Å². The fraction of sp³-hybridized carbons (Fsp3) is 0.727. The van der Waals surface area contributed by atoms with E-state index in [0.717, 1.165) is 31.9 Å². The summed E-state index contributed by atoms with van der Waals surface area (Å²) in [6.07, 6.45) is 8.73. The summed E-state index contributed by atoms with van der Waals surface area (Å²) in [4.78, 5) is 0. The summed E-state index contributed by atoms with van der Waals surface area (Å²) in [5, 5.41) is 7.54. The van der Waals surface area contributed by atoms with Crippen LogP contribution < -0.4 is 5.32 Å². The van der Waals surface area contributed by atoms with Crippen LogP contribution in [-0.4, -0.2) is 28.8 Å². The summed E-state index contributed by atoms with van der Waals surface area (Å²) in [6.45, 7) is 3.05. The highest BCUT2D eigenvalue weighted by atomic mass is 35.5. The zero-order valence-corrected chi connectivity index (χ0v) is 9.92. The van der Waals surface area contributed by atoms with Crippen LogP contribution in [0.3, 0.4) is 0 Å². The van der Waals surface area contributed by atoms with E-state index in [2.05, 4.69) is 10.4 Å². The topological polar surface area (TPSA) is 29.9 Å². The van der Waals surface area contributed by atoms with E-state index < -0.39 is 0 Å². The van der Waals surface area contributed by atoms with Crippen LogP contribution in [0.1, 0.15) is 25.7 Å². The first kappa shape index (κ1) is 12.5. The maximum atomic E-state index is 5.60. The zero-order valence-electron chi connectivity index (χ0n) is 9.16. The van der Waals surface area contributed by atoms with Crippen molar-refractivity contribution < 1.29 is 0 Å². The molecule has 0 saturated heterocycles. The SMILES string of the molecule is ClCCCCCCNCCn1cccn1. The molecule has 86 valence electrons. The summed E-state index contributed by atoms with van der Waals surface area (Å²) < 4.78 is 1.94. The second kappa shape index (κ2) is 8.74. The first-order valence-electron chi connectivity index (χ1n) is 5.67. The molecular formula is C11H20ClN3. The number of aromatic nitrogens is 2. The largest absolute Gasteiger partial charge is 0.315 e. The van der Waals surface area contributed by atoms with Gasteiger partial charge in [0.25, 0.3) is 0 Å². The Morgan fingerprint density at radius 2 is 2.00 bits per heavy atom. The fourth-order valence-electron chi connectivity index (χ4n) is 1.45. The van der Waals surface area contributed by atoms with Crippen LogP contribution in [0.25, 0.3) is 0 Å². The van der Waals surface area contributed by atoms with Crippen LogP contribution in [0.4, 0.5) is 0 Å². The lowest BCUT2D eigenvalue weighted by molar-refractivity contribution is 0.535. The van der Waals surface area contributed by atoms with Crippen molar-refractivity contribution in [1.29, 1.82) is 0 Å². The van der Waals surface area contributed by atoms with Gasteiger partial charge in [0.15, 0.2) is 0 Å². The van der Waals surface area contributed by atoms with Crippen molar-refractivity contribution in [2.24, 2.45) is 0 Å². The molecule has 0 aromatic carbocycles. The number of unbranched alkanes of at least 4 members (excludes halogenated alkanes) is 3. The number of rotatable bonds is 9. The molecule has 0 unspecified atom stereocenters. The number of nitrogens with one attached hydrogen (secondary N) is 1. The second-order valence-electron chi connectivity index (χ2n) is 3.62. The highest BCUT2D eigenvalue weighted by Gasteiger charge is 1.91. The van der Waals surface area contributed by atoms with E-state index in [9.17, 15) is 0 Å². The van der Waals surface area contributed by atoms with E-state index in [1.807, 2.05) is 23.1 Å². The minimum atomic E-state index is 0.798. The van der Waals surface area contributed by atoms with E-state index >= 15 is 0 Å². The van der Waals surface area contributed by atoms with Crippen molar-refractivity contribution in [1.82, 2.24) is 15.1 Å². The van der Waals surface area contributed by atoms with Gasteiger partial charge in [-0.25, -0.2) is 0 Å². The fourth-order valence-corrected chi connectivity index (χ4v) is 1.64. The molecule has 1 N–H and O–H groups in total. The van der Waals surface area contributed by atoms with E-state index in [0.29, 0.717) is 0 Å². The van der Waals surface area contributed by atoms with E-state index in [4.69, 9.17) is 11.6 Å². The van der Waals surface area contributed by atoms with E-state index in [1.54, 1.807) is 0 Å². The summed E-state index contributed by atoms with van der Waals surface area (Å²) in [5.74, 6) is 0.798. The molecule has 0 aliphatic heterocycles. The monoisotopic (exact) mass is 229 g/mol. The standard InChI is InChI=1S/C11H20ClN3/c12-6-3-1-2-4-7-13-9-11-15-10-5-8-14-15/h5,8,10,13H,1-4,6-7,9,11H2. The summed E-state index contributed by atoms with van der Waals surface area (Å²) >= 11 is 5.60. The average molecular weight is 230 g/mol. The Bertz CT molecular complexity index is 224. The number of halogens is 1. The van der Waals surface area contributed by atoms with Gasteiger partial charge in [-0.2, -0.15) is 5.10 Å². The minimum Gasteiger partial charge on any atom is -0.315 e. The van der Waals surface area contributed by atoms with Gasteiger partial charge in [0.1, 0.15) is 0 Å². The molecule has 1 aromatic heterocycles. The molecule has 3 nitrogen and oxygen atoms in total. The van der Waals surface area contributed by atoms with E-state index in [-0.39, 0.29) is 0 Å². The smallest absolute Gasteiger partial charge is 0.0533 e. The van der Waals surface area contributed by atoms with Crippen molar-refractivity contribution in [3.63, 3.8) is 0 Å². The predicted octanol–water partition coefficient (Wildman–Crippen LogP) is 2.27. The third kappa shape index (κ3) is 6.52. The third-order valence-electron chi connectivity index (χ3n) is 2.31. The van der Waals surface area contributed by atoms with Crippen molar-refractivity contribution >= 4 is 11.6 Å². The zero-order chi connectivity index (χ0) is 10.8. The van der Waals surface area contributed by atoms with Gasteiger partial charge in [-0.1, -0.05) is 12.8 Å². The molecule has 0 amide bonds. The number of alkyl halides is 1. The Hall–Kier alpha value is -0.540. The van der Waals surface area contributed by atoms with Gasteiger partial charge in [0, 0.05) is 24.8 Å². The molecule has 0 radical (unpaired) electrons. The lowest BCUT2D eigenvalue weighted by Gasteiger charge is -2.04. The van der Waals surface area contributed by atoms with Crippen LogP contribution in [0.5, 0.6) is 0 Å². The second-order valence-corrected chi connectivity index (χ2v) is 4.00. The van der Waals surface area contributed by atoms with Gasteiger partial charge in [-0.05, 0) is 25.5 Å². The molecule has 4 heteroatoms. The molecular weight excluding hydrogens is 210 g/mol. The molecule has 0 saturated carbocycles. The third-order valence-corrected chi connectivity index (χ3v) is 2.58. The quantitative estimate of drug-likeness (QED) is 0.520. The van der Waals surface area contributed by atoms with Gasteiger partial charge in [0.05, 0.1) is 6.54 Å². The highest BCUT2D eigenvalue weighted by Crippen LogP contribution is 1.99. The van der Waals surface area contributed by atoms with Gasteiger partial charge in [0.2, 0.25) is 0 Å². The lowest BCUT2D eigenvalue weighted by Crippen LogP contribution is -2.21. The summed E-state index contributed by atoms with van der Waals surface area (Å²) in [7, 11) is 0. The van der Waals surface area contributed by atoms with Crippen LogP contribution in [0.2, 0.25) is 0 Å². The average Bonchev–Trinajstić information content (AvgIpc) is 2.75. The van der Waals surface area contributed by atoms with Gasteiger partial charge in [-0.3, -0.25) is 4.68 Å².